The number of halogens is 1. The highest BCUT2D eigenvalue weighted by atomic mass is 79.9. The third-order valence-corrected chi connectivity index (χ3v) is 6.08. The van der Waals surface area contributed by atoms with E-state index in [2.05, 4.69) is 102 Å². The highest BCUT2D eigenvalue weighted by Gasteiger charge is 2.18. The van der Waals surface area contributed by atoms with Crippen molar-refractivity contribution in [2.24, 2.45) is 0 Å². The maximum Gasteiger partial charge on any atom is 0.138 e. The average molecular weight is 405 g/mol. The van der Waals surface area contributed by atoms with Gasteiger partial charge in [0, 0.05) is 22.2 Å². The summed E-state index contributed by atoms with van der Waals surface area (Å²) < 4.78 is 3.44. The number of rotatable bonds is 3. The zero-order valence-corrected chi connectivity index (χ0v) is 16.8. The van der Waals surface area contributed by atoms with Gasteiger partial charge in [-0.25, -0.2) is 4.98 Å². The number of fused-ring (bicyclic) bond motifs is 1. The second kappa shape index (κ2) is 6.73. The molecule has 0 aliphatic rings. The van der Waals surface area contributed by atoms with Crippen LogP contribution in [0.1, 0.15) is 28.1 Å². The smallest absolute Gasteiger partial charge is 0.138 e. The van der Waals surface area contributed by atoms with Gasteiger partial charge in [0.25, 0.3) is 0 Å². The van der Waals surface area contributed by atoms with Crippen molar-refractivity contribution in [1.29, 1.82) is 0 Å². The van der Waals surface area contributed by atoms with Crippen LogP contribution in [0.25, 0.3) is 16.9 Å². The molecule has 0 radical (unpaired) electrons. The molecule has 0 aliphatic carbocycles. The number of aryl methyl sites for hydroxylation is 3. The molecule has 2 nitrogen and oxygen atoms in total. The predicted octanol–water partition coefficient (Wildman–Crippen LogP) is 6.28. The molecule has 4 rings (SSSR count). The molecule has 2 aromatic heterocycles. The Labute approximate surface area is 162 Å². The first-order valence-corrected chi connectivity index (χ1v) is 9.62. The molecule has 2 heterocycles. The van der Waals surface area contributed by atoms with Crippen LogP contribution >= 0.6 is 15.9 Å². The average Bonchev–Trinajstić information content (AvgIpc) is 2.99. The van der Waals surface area contributed by atoms with Gasteiger partial charge in [-0.3, -0.25) is 4.40 Å². The fraction of sp³-hybridized carbons (Fsp3) is 0.174. The summed E-state index contributed by atoms with van der Waals surface area (Å²) in [6, 6.07) is 21.4. The predicted molar refractivity (Wildman–Crippen MR) is 112 cm³/mol. The van der Waals surface area contributed by atoms with Gasteiger partial charge in [-0.2, -0.15) is 0 Å². The van der Waals surface area contributed by atoms with E-state index >= 15 is 0 Å². The van der Waals surface area contributed by atoms with Crippen LogP contribution in [0.15, 0.2) is 65.1 Å². The van der Waals surface area contributed by atoms with Crippen LogP contribution in [0.4, 0.5) is 0 Å². The quantitative estimate of drug-likeness (QED) is 0.392. The summed E-state index contributed by atoms with van der Waals surface area (Å²) >= 11 is 3.75. The summed E-state index contributed by atoms with van der Waals surface area (Å²) in [5, 5.41) is 0. The number of nitrogens with zero attached hydrogens (tertiary/aromatic N) is 2. The van der Waals surface area contributed by atoms with E-state index in [0.29, 0.717) is 0 Å². The van der Waals surface area contributed by atoms with Crippen LogP contribution in [-0.4, -0.2) is 9.38 Å². The van der Waals surface area contributed by atoms with E-state index < -0.39 is 0 Å². The van der Waals surface area contributed by atoms with Crippen LogP contribution < -0.4 is 0 Å². The normalized spacial score (nSPS) is 11.2. The van der Waals surface area contributed by atoms with E-state index in [1.165, 1.54) is 33.6 Å². The standard InChI is InChI=1S/C23H21BrN2/c1-15-9-11-19(12-10-15)23-20(14-18-7-5-4-6-8-18)26-17(3)22(24)16(2)13-21(26)25-23/h4-13H,14H2,1-3H3. The van der Waals surface area contributed by atoms with Crippen molar-refractivity contribution in [3.8, 4) is 11.3 Å². The SMILES string of the molecule is Cc1ccc(-c2nc3cc(C)c(Br)c(C)n3c2Cc2ccccc2)cc1. The Morgan fingerprint density at radius 1 is 0.923 bits per heavy atom. The zero-order valence-electron chi connectivity index (χ0n) is 15.3. The Bertz CT molecular complexity index is 1080. The largest absolute Gasteiger partial charge is 0.299 e. The Morgan fingerprint density at radius 2 is 1.62 bits per heavy atom. The van der Waals surface area contributed by atoms with E-state index in [1.807, 2.05) is 0 Å². The molecule has 4 aromatic rings. The first-order chi connectivity index (χ1) is 12.5. The number of hydrogen-bond donors (Lipinski definition) is 0. The van der Waals surface area contributed by atoms with Crippen LogP contribution in [0.5, 0.6) is 0 Å². The first kappa shape index (κ1) is 17.0. The van der Waals surface area contributed by atoms with E-state index in [4.69, 9.17) is 4.98 Å². The van der Waals surface area contributed by atoms with Gasteiger partial charge in [0.2, 0.25) is 0 Å². The maximum absolute atomic E-state index is 5.01. The number of aromatic nitrogens is 2. The fourth-order valence-electron chi connectivity index (χ4n) is 3.48. The monoisotopic (exact) mass is 404 g/mol. The molecular formula is C23H21BrN2. The molecule has 0 unspecified atom stereocenters. The summed E-state index contributed by atoms with van der Waals surface area (Å²) in [5.41, 5.74) is 9.42. The lowest BCUT2D eigenvalue weighted by molar-refractivity contribution is 0.972. The summed E-state index contributed by atoms with van der Waals surface area (Å²) in [6.45, 7) is 6.39. The Morgan fingerprint density at radius 3 is 2.31 bits per heavy atom. The number of pyridine rings is 1. The van der Waals surface area contributed by atoms with Crippen molar-refractivity contribution >= 4 is 21.6 Å². The first-order valence-electron chi connectivity index (χ1n) is 8.82. The molecule has 0 bridgehead atoms. The third-order valence-electron chi connectivity index (χ3n) is 4.88. The summed E-state index contributed by atoms with van der Waals surface area (Å²) in [7, 11) is 0. The van der Waals surface area contributed by atoms with Crippen molar-refractivity contribution in [3.63, 3.8) is 0 Å². The molecule has 130 valence electrons. The van der Waals surface area contributed by atoms with E-state index in [9.17, 15) is 0 Å². The highest BCUT2D eigenvalue weighted by molar-refractivity contribution is 9.10. The molecule has 0 fully saturated rings. The molecule has 26 heavy (non-hydrogen) atoms. The summed E-state index contributed by atoms with van der Waals surface area (Å²) in [4.78, 5) is 5.01. The summed E-state index contributed by atoms with van der Waals surface area (Å²) in [5.74, 6) is 0. The molecule has 0 aliphatic heterocycles. The molecule has 0 amide bonds. The van der Waals surface area contributed by atoms with Crippen LogP contribution in [0.2, 0.25) is 0 Å². The third kappa shape index (κ3) is 2.97. The Balaban J connectivity index is 1.99. The minimum Gasteiger partial charge on any atom is -0.299 e. The van der Waals surface area contributed by atoms with E-state index in [0.717, 1.165) is 22.2 Å². The van der Waals surface area contributed by atoms with E-state index in [-0.39, 0.29) is 0 Å². The van der Waals surface area contributed by atoms with Crippen LogP contribution in [0.3, 0.4) is 0 Å². The minimum absolute atomic E-state index is 0.849. The lowest BCUT2D eigenvalue weighted by atomic mass is 10.0. The lowest BCUT2D eigenvalue weighted by Crippen LogP contribution is -2.01. The maximum atomic E-state index is 5.01. The minimum atomic E-state index is 0.849. The van der Waals surface area contributed by atoms with Crippen molar-refractivity contribution < 1.29 is 0 Å². The molecule has 2 aromatic carbocycles. The fourth-order valence-corrected chi connectivity index (χ4v) is 3.77. The van der Waals surface area contributed by atoms with E-state index in [1.54, 1.807) is 0 Å². The second-order valence-electron chi connectivity index (χ2n) is 6.86. The number of benzene rings is 2. The van der Waals surface area contributed by atoms with Gasteiger partial charge in [0.1, 0.15) is 5.65 Å². The van der Waals surface area contributed by atoms with Crippen LogP contribution in [-0.2, 0) is 6.42 Å². The molecule has 0 saturated carbocycles. The van der Waals surface area contributed by atoms with Gasteiger partial charge in [0.15, 0.2) is 0 Å². The van der Waals surface area contributed by atoms with Gasteiger partial charge in [-0.15, -0.1) is 0 Å². The molecule has 0 saturated heterocycles. The van der Waals surface area contributed by atoms with Crippen LogP contribution in [0, 0.1) is 20.8 Å². The van der Waals surface area contributed by atoms with Crippen molar-refractivity contribution in [2.45, 2.75) is 27.2 Å². The molecule has 0 N–H and O–H groups in total. The van der Waals surface area contributed by atoms with Crippen molar-refractivity contribution in [1.82, 2.24) is 9.38 Å². The Hall–Kier alpha value is -2.39. The van der Waals surface area contributed by atoms with Gasteiger partial charge in [-0.1, -0.05) is 60.2 Å². The second-order valence-corrected chi connectivity index (χ2v) is 7.65. The number of hydrogen-bond acceptors (Lipinski definition) is 1. The molecular weight excluding hydrogens is 384 g/mol. The molecule has 3 heteroatoms. The topological polar surface area (TPSA) is 17.3 Å². The lowest BCUT2D eigenvalue weighted by Gasteiger charge is -2.11. The molecule has 0 spiro atoms. The van der Waals surface area contributed by atoms with Crippen molar-refractivity contribution in [3.05, 3.63) is 93.2 Å². The highest BCUT2D eigenvalue weighted by Crippen LogP contribution is 2.31. The van der Waals surface area contributed by atoms with Gasteiger partial charge < -0.3 is 0 Å². The molecule has 0 atom stereocenters. The van der Waals surface area contributed by atoms with Gasteiger partial charge in [0.05, 0.1) is 11.4 Å². The number of imidazole rings is 1. The Kier molecular flexibility index (Phi) is 4.41. The van der Waals surface area contributed by atoms with Crippen molar-refractivity contribution in [2.75, 3.05) is 0 Å². The van der Waals surface area contributed by atoms with Gasteiger partial charge >= 0.3 is 0 Å². The zero-order chi connectivity index (χ0) is 18.3. The van der Waals surface area contributed by atoms with Gasteiger partial charge in [-0.05, 0) is 53.9 Å². The summed E-state index contributed by atoms with van der Waals surface area (Å²) in [6.07, 6.45) is 0.849.